The number of rotatable bonds is 5. The fourth-order valence-electron chi connectivity index (χ4n) is 3.04. The van der Waals surface area contributed by atoms with Crippen LogP contribution < -0.4 is 0 Å². The average Bonchev–Trinajstić information content (AvgIpc) is 2.95. The molecule has 1 aromatic heterocycles. The van der Waals surface area contributed by atoms with Crippen LogP contribution in [-0.4, -0.2) is 25.0 Å². The summed E-state index contributed by atoms with van der Waals surface area (Å²) in [7, 11) is 0. The number of phenols is 2. The summed E-state index contributed by atoms with van der Waals surface area (Å²) in [5.74, 6) is 0.726. The molecular formula is C20H23N3O2S. The first-order valence-electron chi connectivity index (χ1n) is 8.70. The minimum atomic E-state index is -0.0236. The molecule has 0 amide bonds. The molecule has 0 aliphatic carbocycles. The van der Waals surface area contributed by atoms with Gasteiger partial charge < -0.3 is 10.2 Å². The first kappa shape index (κ1) is 18.2. The highest BCUT2D eigenvalue weighted by molar-refractivity contribution is 7.71. The number of hydrogen-bond acceptors (Lipinski definition) is 4. The van der Waals surface area contributed by atoms with E-state index in [0.29, 0.717) is 22.7 Å². The molecule has 0 spiro atoms. The topological polar surface area (TPSA) is 74.1 Å². The van der Waals surface area contributed by atoms with E-state index in [0.717, 1.165) is 17.5 Å². The van der Waals surface area contributed by atoms with Crippen molar-refractivity contribution in [3.05, 3.63) is 57.9 Å². The van der Waals surface area contributed by atoms with Crippen molar-refractivity contribution in [2.75, 3.05) is 0 Å². The molecule has 0 radical (unpaired) electrons. The Morgan fingerprint density at radius 1 is 1.12 bits per heavy atom. The predicted molar refractivity (Wildman–Crippen MR) is 105 cm³/mol. The van der Waals surface area contributed by atoms with E-state index in [4.69, 9.17) is 12.2 Å². The van der Waals surface area contributed by atoms with Gasteiger partial charge in [-0.1, -0.05) is 45.0 Å². The highest BCUT2D eigenvalue weighted by atomic mass is 32.1. The van der Waals surface area contributed by atoms with Crippen LogP contribution in [0.4, 0.5) is 0 Å². The molecule has 0 unspecified atom stereocenters. The Morgan fingerprint density at radius 2 is 1.85 bits per heavy atom. The Bertz CT molecular complexity index is 989. The van der Waals surface area contributed by atoms with Gasteiger partial charge in [-0.3, -0.25) is 9.67 Å². The molecule has 0 atom stereocenters. The standard InChI is InChI=1S/C20H23N3O2S/c1-4-13-6-5-7-14(8-13)11-23-19(21-22-20(23)26)16-9-15(12(2)3)17(24)10-18(16)25/h5-10,12,24-25H,4,11H2,1-3H3,(H,22,26). The molecular weight excluding hydrogens is 346 g/mol. The molecule has 0 aliphatic rings. The smallest absolute Gasteiger partial charge is 0.195 e. The zero-order valence-electron chi connectivity index (χ0n) is 15.2. The van der Waals surface area contributed by atoms with Crippen LogP contribution in [0.1, 0.15) is 43.4 Å². The maximum atomic E-state index is 10.4. The van der Waals surface area contributed by atoms with Crippen molar-refractivity contribution in [3.8, 4) is 22.9 Å². The number of aromatic nitrogens is 3. The van der Waals surface area contributed by atoms with Crippen molar-refractivity contribution in [3.63, 3.8) is 0 Å². The second kappa shape index (κ2) is 7.33. The Labute approximate surface area is 158 Å². The van der Waals surface area contributed by atoms with Crippen LogP contribution in [0.25, 0.3) is 11.4 Å². The third kappa shape index (κ3) is 3.51. The van der Waals surface area contributed by atoms with Crippen LogP contribution in [0, 0.1) is 4.77 Å². The van der Waals surface area contributed by atoms with Crippen LogP contribution in [-0.2, 0) is 13.0 Å². The number of phenolic OH excluding ortho intramolecular Hbond substituents is 2. The number of benzene rings is 2. The van der Waals surface area contributed by atoms with Gasteiger partial charge in [-0.2, -0.15) is 5.10 Å². The zero-order valence-corrected chi connectivity index (χ0v) is 16.0. The lowest BCUT2D eigenvalue weighted by molar-refractivity contribution is 0.444. The summed E-state index contributed by atoms with van der Waals surface area (Å²) >= 11 is 5.40. The van der Waals surface area contributed by atoms with E-state index in [1.54, 1.807) is 6.07 Å². The maximum absolute atomic E-state index is 10.4. The maximum Gasteiger partial charge on any atom is 0.195 e. The molecule has 26 heavy (non-hydrogen) atoms. The molecule has 1 heterocycles. The fourth-order valence-corrected chi connectivity index (χ4v) is 3.23. The Balaban J connectivity index is 2.08. The van der Waals surface area contributed by atoms with Crippen molar-refractivity contribution in [1.82, 2.24) is 14.8 Å². The number of aromatic amines is 1. The molecule has 0 bridgehead atoms. The van der Waals surface area contributed by atoms with Gasteiger partial charge >= 0.3 is 0 Å². The Kier molecular flexibility index (Phi) is 5.13. The van der Waals surface area contributed by atoms with Crippen molar-refractivity contribution in [2.45, 2.75) is 39.7 Å². The van der Waals surface area contributed by atoms with Crippen LogP contribution in [0.2, 0.25) is 0 Å². The second-order valence-electron chi connectivity index (χ2n) is 6.69. The molecule has 0 saturated heterocycles. The molecule has 3 aromatic rings. The number of aromatic hydroxyl groups is 2. The second-order valence-corrected chi connectivity index (χ2v) is 7.08. The van der Waals surface area contributed by atoms with E-state index >= 15 is 0 Å². The summed E-state index contributed by atoms with van der Waals surface area (Å²) in [6.07, 6.45) is 0.966. The van der Waals surface area contributed by atoms with Gasteiger partial charge in [0.05, 0.1) is 12.1 Å². The number of aryl methyl sites for hydroxylation is 1. The van der Waals surface area contributed by atoms with E-state index in [-0.39, 0.29) is 17.4 Å². The quantitative estimate of drug-likeness (QED) is 0.567. The van der Waals surface area contributed by atoms with Crippen LogP contribution in [0.15, 0.2) is 36.4 Å². The van der Waals surface area contributed by atoms with E-state index < -0.39 is 0 Å². The average molecular weight is 369 g/mol. The van der Waals surface area contributed by atoms with E-state index in [2.05, 4.69) is 29.3 Å². The Hall–Kier alpha value is -2.60. The summed E-state index contributed by atoms with van der Waals surface area (Å²) < 4.78 is 2.35. The Morgan fingerprint density at radius 3 is 2.54 bits per heavy atom. The number of nitrogens with one attached hydrogen (secondary N) is 1. The minimum absolute atomic E-state index is 0.0236. The third-order valence-electron chi connectivity index (χ3n) is 4.51. The van der Waals surface area contributed by atoms with Crippen LogP contribution in [0.5, 0.6) is 11.5 Å². The highest BCUT2D eigenvalue weighted by Gasteiger charge is 2.18. The molecule has 0 saturated carbocycles. The SMILES string of the molecule is CCc1cccc(Cn2c(-c3cc(C(C)C)c(O)cc3O)n[nH]c2=S)c1. The van der Waals surface area contributed by atoms with Gasteiger partial charge in [0, 0.05) is 6.07 Å². The molecule has 3 N–H and O–H groups in total. The minimum Gasteiger partial charge on any atom is -0.508 e. The molecule has 6 heteroatoms. The van der Waals surface area contributed by atoms with Gasteiger partial charge in [-0.05, 0) is 47.3 Å². The number of hydrogen-bond donors (Lipinski definition) is 3. The number of nitrogens with zero attached hydrogens (tertiary/aromatic N) is 2. The van der Waals surface area contributed by atoms with E-state index in [1.165, 1.54) is 11.6 Å². The molecule has 3 rings (SSSR count). The van der Waals surface area contributed by atoms with E-state index in [9.17, 15) is 10.2 Å². The predicted octanol–water partition coefficient (Wildman–Crippen LogP) is 4.75. The summed E-state index contributed by atoms with van der Waals surface area (Å²) in [6.45, 7) is 6.65. The van der Waals surface area contributed by atoms with Gasteiger partial charge in [-0.25, -0.2) is 0 Å². The summed E-state index contributed by atoms with van der Waals surface area (Å²) in [5, 5.41) is 27.6. The van der Waals surface area contributed by atoms with Gasteiger partial charge in [-0.15, -0.1) is 0 Å². The normalized spacial score (nSPS) is 11.2. The van der Waals surface area contributed by atoms with Gasteiger partial charge in [0.1, 0.15) is 11.5 Å². The van der Waals surface area contributed by atoms with Gasteiger partial charge in [0.25, 0.3) is 0 Å². The van der Waals surface area contributed by atoms with Crippen molar-refractivity contribution < 1.29 is 10.2 Å². The van der Waals surface area contributed by atoms with Gasteiger partial charge in [0.2, 0.25) is 0 Å². The van der Waals surface area contributed by atoms with Crippen molar-refractivity contribution >= 4 is 12.2 Å². The van der Waals surface area contributed by atoms with Crippen molar-refractivity contribution in [2.24, 2.45) is 0 Å². The lowest BCUT2D eigenvalue weighted by Gasteiger charge is -2.13. The molecule has 136 valence electrons. The molecule has 5 nitrogen and oxygen atoms in total. The third-order valence-corrected chi connectivity index (χ3v) is 4.82. The monoisotopic (exact) mass is 369 g/mol. The number of H-pyrrole nitrogens is 1. The highest BCUT2D eigenvalue weighted by Crippen LogP contribution is 2.37. The zero-order chi connectivity index (χ0) is 18.8. The molecule has 0 aliphatic heterocycles. The molecule has 0 fully saturated rings. The lowest BCUT2D eigenvalue weighted by atomic mass is 9.98. The first-order valence-corrected chi connectivity index (χ1v) is 9.10. The largest absolute Gasteiger partial charge is 0.508 e. The lowest BCUT2D eigenvalue weighted by Crippen LogP contribution is -2.04. The summed E-state index contributed by atoms with van der Waals surface area (Å²) in [4.78, 5) is 0. The first-order chi connectivity index (χ1) is 12.4. The summed E-state index contributed by atoms with van der Waals surface area (Å²) in [6, 6.07) is 11.5. The van der Waals surface area contributed by atoms with Crippen LogP contribution >= 0.6 is 12.2 Å². The van der Waals surface area contributed by atoms with Crippen molar-refractivity contribution in [1.29, 1.82) is 0 Å². The van der Waals surface area contributed by atoms with E-state index in [1.807, 2.05) is 30.5 Å². The van der Waals surface area contributed by atoms with Gasteiger partial charge in [0.15, 0.2) is 10.6 Å². The fraction of sp³-hybridized carbons (Fsp3) is 0.300. The summed E-state index contributed by atoms with van der Waals surface area (Å²) in [5.41, 5.74) is 3.68. The molecule has 2 aromatic carbocycles. The van der Waals surface area contributed by atoms with Crippen LogP contribution in [0.3, 0.4) is 0 Å².